The summed E-state index contributed by atoms with van der Waals surface area (Å²) in [5.74, 6) is -0.341. The van der Waals surface area contributed by atoms with Crippen LogP contribution in [0, 0.1) is 11.2 Å². The summed E-state index contributed by atoms with van der Waals surface area (Å²) in [5, 5.41) is 10.1. The maximum Gasteiger partial charge on any atom is 0.224 e. The number of aromatic amines is 2. The number of rotatable bonds is 5. The molecule has 0 spiro atoms. The number of fused-ring (bicyclic) bond motifs is 2. The number of aromatic nitrogens is 7. The molecule has 0 unspecified atom stereocenters. The van der Waals surface area contributed by atoms with E-state index in [1.54, 1.807) is 24.8 Å². The Morgan fingerprint density at radius 1 is 1.08 bits per heavy atom. The third-order valence-corrected chi connectivity index (χ3v) is 5.99. The monoisotopic (exact) mass is 510 g/mol. The van der Waals surface area contributed by atoms with Gasteiger partial charge < -0.3 is 14.7 Å². The number of H-pyrrole nitrogens is 2. The van der Waals surface area contributed by atoms with E-state index in [9.17, 15) is 4.79 Å². The summed E-state index contributed by atoms with van der Waals surface area (Å²) >= 11 is 0. The summed E-state index contributed by atoms with van der Waals surface area (Å²) in [7, 11) is 0. The molecule has 0 fully saturated rings. The fourth-order valence-electron chi connectivity index (χ4n) is 4.34. The molecule has 0 bridgehead atoms. The largest absolute Gasteiger partial charge is 0.472 e. The third kappa shape index (κ3) is 4.27. The summed E-state index contributed by atoms with van der Waals surface area (Å²) < 4.78 is 21.2. The molecule has 10 nitrogen and oxygen atoms in total. The molecule has 0 saturated heterocycles. The topological polar surface area (TPSA) is 138 Å². The van der Waals surface area contributed by atoms with Gasteiger partial charge in [0.05, 0.1) is 29.8 Å². The first-order chi connectivity index (χ1) is 18.3. The van der Waals surface area contributed by atoms with Crippen molar-refractivity contribution in [3.05, 3.63) is 61.3 Å². The van der Waals surface area contributed by atoms with Crippen molar-refractivity contribution in [2.24, 2.45) is 5.41 Å². The molecule has 0 radical (unpaired) electrons. The fourth-order valence-corrected chi connectivity index (χ4v) is 4.34. The Labute approximate surface area is 215 Å². The molecule has 0 atom stereocenters. The molecule has 0 aromatic carbocycles. The SMILES string of the molecule is CC(C)(C)CC(=O)Nc1cncc(-c2cnc3[nH]nc(-c4nc5c(-c6ccoc6)ccnc5[nH]4)c3c2F)c1. The van der Waals surface area contributed by atoms with E-state index >= 15 is 4.39 Å². The van der Waals surface area contributed by atoms with Crippen molar-refractivity contribution in [1.82, 2.24) is 35.1 Å². The van der Waals surface area contributed by atoms with Crippen LogP contribution in [0.3, 0.4) is 0 Å². The lowest BCUT2D eigenvalue weighted by atomic mass is 9.92. The average Bonchev–Trinajstić information content (AvgIpc) is 3.62. The van der Waals surface area contributed by atoms with Crippen LogP contribution in [-0.4, -0.2) is 41.0 Å². The molecule has 190 valence electrons. The van der Waals surface area contributed by atoms with Gasteiger partial charge in [0.15, 0.2) is 17.1 Å². The molecule has 0 aliphatic rings. The highest BCUT2D eigenvalue weighted by Gasteiger charge is 2.22. The smallest absolute Gasteiger partial charge is 0.224 e. The first-order valence-electron chi connectivity index (χ1n) is 11.9. The van der Waals surface area contributed by atoms with Crippen LogP contribution in [0.25, 0.3) is 56.0 Å². The Hall–Kier alpha value is -4.93. The molecule has 1 amide bonds. The van der Waals surface area contributed by atoms with E-state index in [4.69, 9.17) is 4.42 Å². The van der Waals surface area contributed by atoms with E-state index in [-0.39, 0.29) is 33.6 Å². The number of halogens is 1. The van der Waals surface area contributed by atoms with Crippen molar-refractivity contribution in [3.8, 4) is 33.8 Å². The zero-order valence-corrected chi connectivity index (χ0v) is 20.8. The average molecular weight is 511 g/mol. The Morgan fingerprint density at radius 3 is 2.74 bits per heavy atom. The first-order valence-corrected chi connectivity index (χ1v) is 11.9. The predicted octanol–water partition coefficient (Wildman–Crippen LogP) is 5.73. The van der Waals surface area contributed by atoms with Gasteiger partial charge in [0.2, 0.25) is 5.91 Å². The lowest BCUT2D eigenvalue weighted by Crippen LogP contribution is -2.19. The number of carbonyl (C=O) groups is 1. The van der Waals surface area contributed by atoms with E-state index in [1.165, 1.54) is 18.6 Å². The van der Waals surface area contributed by atoms with Crippen LogP contribution >= 0.6 is 0 Å². The number of amides is 1. The predicted molar refractivity (Wildman–Crippen MR) is 140 cm³/mol. The van der Waals surface area contributed by atoms with Crippen molar-refractivity contribution < 1.29 is 13.6 Å². The molecule has 0 aliphatic heterocycles. The van der Waals surface area contributed by atoms with Crippen LogP contribution in [-0.2, 0) is 4.79 Å². The van der Waals surface area contributed by atoms with Gasteiger partial charge in [0, 0.05) is 47.3 Å². The number of nitrogens with zero attached hydrogens (tertiary/aromatic N) is 5. The van der Waals surface area contributed by atoms with E-state index in [2.05, 4.69) is 40.4 Å². The van der Waals surface area contributed by atoms with E-state index in [1.807, 2.05) is 32.9 Å². The quantitative estimate of drug-likeness (QED) is 0.269. The van der Waals surface area contributed by atoms with Crippen molar-refractivity contribution in [2.45, 2.75) is 27.2 Å². The highest BCUT2D eigenvalue weighted by atomic mass is 19.1. The minimum atomic E-state index is -0.540. The number of furan rings is 1. The van der Waals surface area contributed by atoms with Crippen LogP contribution in [0.5, 0.6) is 0 Å². The normalized spacial score (nSPS) is 11.9. The van der Waals surface area contributed by atoms with Gasteiger partial charge in [-0.15, -0.1) is 0 Å². The molecule has 6 aromatic heterocycles. The minimum absolute atomic E-state index is 0.143. The van der Waals surface area contributed by atoms with Crippen molar-refractivity contribution >= 4 is 33.8 Å². The second kappa shape index (κ2) is 8.87. The maximum absolute atomic E-state index is 16.0. The molecule has 3 N–H and O–H groups in total. The first kappa shape index (κ1) is 23.5. The third-order valence-electron chi connectivity index (χ3n) is 5.99. The summed E-state index contributed by atoms with van der Waals surface area (Å²) in [4.78, 5) is 33.2. The Kier molecular flexibility index (Phi) is 5.48. The second-order valence-electron chi connectivity index (χ2n) is 10.2. The molecule has 38 heavy (non-hydrogen) atoms. The number of hydrogen-bond acceptors (Lipinski definition) is 7. The fraction of sp³-hybridized carbons (Fsp3) is 0.185. The lowest BCUT2D eigenvalue weighted by Gasteiger charge is -2.17. The van der Waals surface area contributed by atoms with Crippen LogP contribution in [0.1, 0.15) is 27.2 Å². The molecule has 11 heteroatoms. The Bertz CT molecular complexity index is 1800. The maximum atomic E-state index is 16.0. The van der Waals surface area contributed by atoms with Gasteiger partial charge in [-0.2, -0.15) is 5.10 Å². The molecule has 0 aliphatic carbocycles. The van der Waals surface area contributed by atoms with Crippen molar-refractivity contribution in [1.29, 1.82) is 0 Å². The highest BCUT2D eigenvalue weighted by molar-refractivity contribution is 5.97. The van der Waals surface area contributed by atoms with Crippen molar-refractivity contribution in [2.75, 3.05) is 5.32 Å². The number of nitrogens with one attached hydrogen (secondary N) is 3. The standard InChI is InChI=1S/C27H23FN8O2/c1-27(2,3)9-19(37)32-16-8-15(10-29-11-16)18-12-31-24-20(21(18)28)23(35-36-24)26-33-22-17(14-5-7-38-13-14)4-6-30-25(22)34-26/h4-8,10-13H,9H2,1-3H3,(H,32,37)(H,30,33,34)(H,31,35,36). The summed E-state index contributed by atoms with van der Waals surface area (Å²) in [5.41, 5.74) is 4.32. The second-order valence-corrected chi connectivity index (χ2v) is 10.2. The summed E-state index contributed by atoms with van der Waals surface area (Å²) in [6.07, 6.45) is 9.66. The molecule has 6 rings (SSSR count). The van der Waals surface area contributed by atoms with Crippen LogP contribution in [0.4, 0.5) is 10.1 Å². The van der Waals surface area contributed by atoms with Gasteiger partial charge in [-0.05, 0) is 23.6 Å². The highest BCUT2D eigenvalue weighted by Crippen LogP contribution is 2.34. The Balaban J connectivity index is 1.40. The van der Waals surface area contributed by atoms with Gasteiger partial charge in [0.1, 0.15) is 17.0 Å². The zero-order valence-electron chi connectivity index (χ0n) is 20.8. The van der Waals surface area contributed by atoms with Gasteiger partial charge >= 0.3 is 0 Å². The molecule has 0 saturated carbocycles. The Morgan fingerprint density at radius 2 is 1.95 bits per heavy atom. The minimum Gasteiger partial charge on any atom is -0.472 e. The molecular weight excluding hydrogens is 487 g/mol. The van der Waals surface area contributed by atoms with E-state index < -0.39 is 5.82 Å². The van der Waals surface area contributed by atoms with Crippen LogP contribution in [0.15, 0.2) is 59.9 Å². The number of pyridine rings is 3. The van der Waals surface area contributed by atoms with Crippen LogP contribution in [0.2, 0.25) is 0 Å². The lowest BCUT2D eigenvalue weighted by molar-refractivity contribution is -0.117. The molecular formula is C27H23FN8O2. The molecule has 6 aromatic rings. The van der Waals surface area contributed by atoms with Crippen molar-refractivity contribution in [3.63, 3.8) is 0 Å². The zero-order chi connectivity index (χ0) is 26.4. The summed E-state index contributed by atoms with van der Waals surface area (Å²) in [6, 6.07) is 5.33. The number of hydrogen-bond donors (Lipinski definition) is 3. The summed E-state index contributed by atoms with van der Waals surface area (Å²) in [6.45, 7) is 5.95. The molecule has 6 heterocycles. The number of anilines is 1. The van der Waals surface area contributed by atoms with E-state index in [0.717, 1.165) is 11.1 Å². The van der Waals surface area contributed by atoms with Crippen LogP contribution < -0.4 is 5.32 Å². The number of imidazole rings is 1. The van der Waals surface area contributed by atoms with Gasteiger partial charge in [0.25, 0.3) is 0 Å². The van der Waals surface area contributed by atoms with E-state index in [0.29, 0.717) is 34.7 Å². The van der Waals surface area contributed by atoms with Gasteiger partial charge in [-0.1, -0.05) is 20.8 Å². The van der Waals surface area contributed by atoms with Gasteiger partial charge in [-0.3, -0.25) is 14.9 Å². The van der Waals surface area contributed by atoms with Gasteiger partial charge in [-0.25, -0.2) is 19.3 Å². The number of carbonyl (C=O) groups excluding carboxylic acids is 1.